The van der Waals surface area contributed by atoms with Crippen molar-refractivity contribution in [1.29, 1.82) is 0 Å². The predicted octanol–water partition coefficient (Wildman–Crippen LogP) is 4.78. The summed E-state index contributed by atoms with van der Waals surface area (Å²) >= 11 is 0. The molecule has 0 N–H and O–H groups in total. The number of carbonyl (C=O) groups is 1. The largest absolute Gasteiger partial charge is 0.420 e. The highest BCUT2D eigenvalue weighted by atomic mass is 19.1. The monoisotopic (exact) mass is 448 g/mol. The first kappa shape index (κ1) is 21.8. The molecule has 6 nitrogen and oxygen atoms in total. The van der Waals surface area contributed by atoms with Gasteiger partial charge in [0.05, 0.1) is 0 Å². The third-order valence-electron chi connectivity index (χ3n) is 7.10. The zero-order valence-electron chi connectivity index (χ0n) is 19.1. The molecule has 1 aromatic heterocycles. The molecule has 1 saturated carbocycles. The van der Waals surface area contributed by atoms with Gasteiger partial charge in [-0.25, -0.2) is 4.39 Å². The van der Waals surface area contributed by atoms with Crippen LogP contribution in [-0.2, 0) is 0 Å². The minimum atomic E-state index is -0.333. The Morgan fingerprint density at radius 1 is 1.03 bits per heavy atom. The number of benzene rings is 2. The molecule has 172 valence electrons. The molecule has 33 heavy (non-hydrogen) atoms. The Morgan fingerprint density at radius 3 is 2.48 bits per heavy atom. The molecular formula is C26H29FN4O2. The Hall–Kier alpha value is -3.06. The summed E-state index contributed by atoms with van der Waals surface area (Å²) in [6.45, 7) is 2.10. The van der Waals surface area contributed by atoms with Gasteiger partial charge in [-0.2, -0.15) is 0 Å². The van der Waals surface area contributed by atoms with Gasteiger partial charge in [-0.1, -0.05) is 0 Å². The molecule has 2 aliphatic rings. The van der Waals surface area contributed by atoms with Gasteiger partial charge in [0, 0.05) is 47.8 Å². The van der Waals surface area contributed by atoms with E-state index >= 15 is 0 Å². The molecule has 0 spiro atoms. The molecule has 0 amide bonds. The Labute approximate surface area is 193 Å². The molecule has 1 aliphatic carbocycles. The van der Waals surface area contributed by atoms with Crippen molar-refractivity contribution in [2.75, 3.05) is 32.1 Å². The third-order valence-corrected chi connectivity index (χ3v) is 7.10. The van der Waals surface area contributed by atoms with Gasteiger partial charge < -0.3 is 14.2 Å². The van der Waals surface area contributed by atoms with Crippen LogP contribution in [0.5, 0.6) is 0 Å². The number of hydrogen-bond acceptors (Lipinski definition) is 6. The summed E-state index contributed by atoms with van der Waals surface area (Å²) in [6.07, 6.45) is 3.46. The maximum atomic E-state index is 13.2. The van der Waals surface area contributed by atoms with E-state index in [4.69, 9.17) is 4.42 Å². The molecular weight excluding hydrogens is 419 g/mol. The number of nitrogens with zero attached hydrogens (tertiary/aromatic N) is 4. The lowest BCUT2D eigenvalue weighted by atomic mass is 9.95. The minimum Gasteiger partial charge on any atom is -0.420 e. The topological polar surface area (TPSA) is 62.5 Å². The van der Waals surface area contributed by atoms with Gasteiger partial charge in [-0.15, -0.1) is 10.2 Å². The summed E-state index contributed by atoms with van der Waals surface area (Å²) in [5.74, 6) is 0.815. The SMILES string of the molecule is CN(C)C1CCN(c2ccc(-c3nnc([C@@H]4CC[C@H](C(=O)c5ccc(F)cc5)C4)o3)cc2)C1. The van der Waals surface area contributed by atoms with Crippen molar-refractivity contribution in [2.45, 2.75) is 37.6 Å². The fraction of sp³-hybridized carbons (Fsp3) is 0.423. The van der Waals surface area contributed by atoms with E-state index in [-0.39, 0.29) is 23.4 Å². The number of halogens is 1. The highest BCUT2D eigenvalue weighted by Crippen LogP contribution is 2.40. The highest BCUT2D eigenvalue weighted by Gasteiger charge is 2.34. The van der Waals surface area contributed by atoms with Crippen LogP contribution in [0.15, 0.2) is 52.9 Å². The number of ketones is 1. The summed E-state index contributed by atoms with van der Waals surface area (Å²) in [5.41, 5.74) is 2.67. The Balaban J connectivity index is 1.22. The Morgan fingerprint density at radius 2 is 1.79 bits per heavy atom. The molecule has 1 unspecified atom stereocenters. The van der Waals surface area contributed by atoms with E-state index in [9.17, 15) is 9.18 Å². The second-order valence-corrected chi connectivity index (χ2v) is 9.42. The number of carbonyl (C=O) groups excluding carboxylic acids is 1. The average molecular weight is 449 g/mol. The van der Waals surface area contributed by atoms with Crippen LogP contribution in [-0.4, -0.2) is 54.1 Å². The molecule has 3 atom stereocenters. The average Bonchev–Trinajstić information content (AvgIpc) is 3.60. The van der Waals surface area contributed by atoms with E-state index in [0.717, 1.165) is 31.5 Å². The zero-order valence-corrected chi connectivity index (χ0v) is 19.1. The van der Waals surface area contributed by atoms with Crippen LogP contribution >= 0.6 is 0 Å². The molecule has 0 radical (unpaired) electrons. The van der Waals surface area contributed by atoms with E-state index in [1.54, 1.807) is 12.1 Å². The van der Waals surface area contributed by atoms with Crippen molar-refractivity contribution in [3.05, 3.63) is 65.8 Å². The van der Waals surface area contributed by atoms with Gasteiger partial charge in [-0.3, -0.25) is 4.79 Å². The van der Waals surface area contributed by atoms with Gasteiger partial charge in [0.1, 0.15) is 5.82 Å². The second kappa shape index (κ2) is 9.06. The van der Waals surface area contributed by atoms with Gasteiger partial charge in [0.25, 0.3) is 0 Å². The molecule has 2 heterocycles. The van der Waals surface area contributed by atoms with Crippen LogP contribution in [0.25, 0.3) is 11.5 Å². The zero-order chi connectivity index (χ0) is 22.9. The standard InChI is InChI=1S/C26H29FN4O2/c1-30(2)23-13-14-31(16-23)22-11-7-18(8-12-22)25-28-29-26(33-25)20-4-3-19(15-20)24(32)17-5-9-21(27)10-6-17/h5-12,19-20,23H,3-4,13-16H2,1-2H3/t19-,20+,23?/m0/s1. The van der Waals surface area contributed by atoms with E-state index in [1.807, 2.05) is 12.1 Å². The quantitative estimate of drug-likeness (QED) is 0.506. The van der Waals surface area contributed by atoms with Crippen molar-refractivity contribution in [1.82, 2.24) is 15.1 Å². The van der Waals surface area contributed by atoms with Crippen LogP contribution in [0, 0.1) is 11.7 Å². The lowest BCUT2D eigenvalue weighted by Gasteiger charge is -2.21. The van der Waals surface area contributed by atoms with E-state index in [2.05, 4.69) is 46.2 Å². The fourth-order valence-electron chi connectivity index (χ4n) is 5.02. The third kappa shape index (κ3) is 4.55. The van der Waals surface area contributed by atoms with Crippen molar-refractivity contribution < 1.29 is 13.6 Å². The maximum absolute atomic E-state index is 13.2. The molecule has 5 rings (SSSR count). The lowest BCUT2D eigenvalue weighted by molar-refractivity contribution is 0.0921. The van der Waals surface area contributed by atoms with Crippen LogP contribution in [0.1, 0.15) is 47.8 Å². The molecule has 7 heteroatoms. The maximum Gasteiger partial charge on any atom is 0.247 e. The molecule has 3 aromatic rings. The normalized spacial score (nSPS) is 22.9. The molecule has 1 saturated heterocycles. The number of likely N-dealkylation sites (N-methyl/N-ethyl adjacent to an activating group) is 1. The Kier molecular flexibility index (Phi) is 5.98. The van der Waals surface area contributed by atoms with Crippen molar-refractivity contribution in [2.24, 2.45) is 5.92 Å². The van der Waals surface area contributed by atoms with Crippen LogP contribution < -0.4 is 4.90 Å². The number of anilines is 1. The highest BCUT2D eigenvalue weighted by molar-refractivity contribution is 5.98. The van der Waals surface area contributed by atoms with Crippen molar-refractivity contribution in [3.63, 3.8) is 0 Å². The number of rotatable bonds is 6. The predicted molar refractivity (Wildman–Crippen MR) is 125 cm³/mol. The lowest BCUT2D eigenvalue weighted by Crippen LogP contribution is -2.31. The van der Waals surface area contributed by atoms with Gasteiger partial charge in [-0.05, 0) is 88.3 Å². The summed E-state index contributed by atoms with van der Waals surface area (Å²) in [6, 6.07) is 14.7. The first-order valence-corrected chi connectivity index (χ1v) is 11.6. The first-order valence-electron chi connectivity index (χ1n) is 11.6. The second-order valence-electron chi connectivity index (χ2n) is 9.42. The van der Waals surface area contributed by atoms with Crippen LogP contribution in [0.4, 0.5) is 10.1 Å². The van der Waals surface area contributed by atoms with Gasteiger partial charge >= 0.3 is 0 Å². The van der Waals surface area contributed by atoms with E-state index in [0.29, 0.717) is 29.8 Å². The minimum absolute atomic E-state index is 0.0613. The summed E-state index contributed by atoms with van der Waals surface area (Å²) in [5, 5.41) is 8.56. The van der Waals surface area contributed by atoms with E-state index < -0.39 is 0 Å². The number of Topliss-reactive ketones (excluding diaryl/α,β-unsaturated/α-hetero) is 1. The summed E-state index contributed by atoms with van der Waals surface area (Å²) in [7, 11) is 4.27. The van der Waals surface area contributed by atoms with E-state index in [1.165, 1.54) is 24.2 Å². The summed E-state index contributed by atoms with van der Waals surface area (Å²) < 4.78 is 19.2. The van der Waals surface area contributed by atoms with Gasteiger partial charge in [0.2, 0.25) is 11.8 Å². The Bertz CT molecular complexity index is 1110. The molecule has 0 bridgehead atoms. The number of hydrogen-bond donors (Lipinski definition) is 0. The van der Waals surface area contributed by atoms with Crippen LogP contribution in [0.2, 0.25) is 0 Å². The summed E-state index contributed by atoms with van der Waals surface area (Å²) in [4.78, 5) is 17.5. The molecule has 2 fully saturated rings. The smallest absolute Gasteiger partial charge is 0.247 e. The van der Waals surface area contributed by atoms with Crippen molar-refractivity contribution in [3.8, 4) is 11.5 Å². The first-order chi connectivity index (χ1) is 16.0. The van der Waals surface area contributed by atoms with Crippen molar-refractivity contribution >= 4 is 11.5 Å². The molecule has 2 aromatic carbocycles. The van der Waals surface area contributed by atoms with Crippen LogP contribution in [0.3, 0.4) is 0 Å². The molecule has 1 aliphatic heterocycles. The fourth-order valence-corrected chi connectivity index (χ4v) is 5.02. The number of aromatic nitrogens is 2. The van der Waals surface area contributed by atoms with Gasteiger partial charge in [0.15, 0.2) is 5.78 Å².